The zero-order chi connectivity index (χ0) is 12.3. The number of unbranched alkanes of at least 4 members (excludes halogenated alkanes) is 2. The number of carbonyl (C=O) groups excluding carboxylic acids is 1. The van der Waals surface area contributed by atoms with Gasteiger partial charge in [-0.1, -0.05) is 51.3 Å². The fourth-order valence-electron chi connectivity index (χ4n) is 2.49. The van der Waals surface area contributed by atoms with Crippen molar-refractivity contribution in [3.8, 4) is 0 Å². The van der Waals surface area contributed by atoms with Crippen molar-refractivity contribution in [2.45, 2.75) is 57.9 Å². The molecular formula is C13H20N2OS. The number of fused-ring (bicyclic) bond motifs is 1. The van der Waals surface area contributed by atoms with Gasteiger partial charge in [0.2, 0.25) is 0 Å². The summed E-state index contributed by atoms with van der Waals surface area (Å²) in [4.78, 5) is 18.6. The molecule has 0 unspecified atom stereocenters. The predicted octanol–water partition coefficient (Wildman–Crippen LogP) is 3.52. The summed E-state index contributed by atoms with van der Waals surface area (Å²) in [5.74, 6) is 0.0752. The van der Waals surface area contributed by atoms with Gasteiger partial charge in [-0.15, -0.1) is 0 Å². The van der Waals surface area contributed by atoms with Gasteiger partial charge in [0.15, 0.2) is 5.17 Å². The van der Waals surface area contributed by atoms with Crippen LogP contribution in [0.2, 0.25) is 0 Å². The minimum atomic E-state index is -0.360. The first-order valence-corrected chi connectivity index (χ1v) is 7.38. The minimum Gasteiger partial charge on any atom is -0.311 e. The van der Waals surface area contributed by atoms with E-state index in [0.717, 1.165) is 43.7 Å². The van der Waals surface area contributed by atoms with E-state index < -0.39 is 0 Å². The van der Waals surface area contributed by atoms with E-state index in [0.29, 0.717) is 0 Å². The fraction of sp³-hybridized carbons (Fsp3) is 0.692. The summed E-state index contributed by atoms with van der Waals surface area (Å²) < 4.78 is 0. The van der Waals surface area contributed by atoms with Crippen molar-refractivity contribution < 1.29 is 4.79 Å². The van der Waals surface area contributed by atoms with Crippen molar-refractivity contribution in [1.29, 1.82) is 0 Å². The molecule has 94 valence electrons. The van der Waals surface area contributed by atoms with E-state index in [2.05, 4.69) is 23.7 Å². The largest absolute Gasteiger partial charge is 0.311 e. The van der Waals surface area contributed by atoms with Crippen LogP contribution in [0.25, 0.3) is 0 Å². The van der Waals surface area contributed by atoms with Crippen LogP contribution in [-0.2, 0) is 4.79 Å². The van der Waals surface area contributed by atoms with Crippen molar-refractivity contribution in [2.24, 2.45) is 4.99 Å². The predicted molar refractivity (Wildman–Crippen MR) is 72.8 cm³/mol. The van der Waals surface area contributed by atoms with Crippen LogP contribution in [0, 0.1) is 0 Å². The second-order valence-electron chi connectivity index (χ2n) is 4.71. The zero-order valence-electron chi connectivity index (χ0n) is 10.6. The summed E-state index contributed by atoms with van der Waals surface area (Å²) in [7, 11) is 0. The lowest BCUT2D eigenvalue weighted by atomic mass is 9.86. The number of hydrogen-bond donors (Lipinski definition) is 0. The molecule has 0 N–H and O–H groups in total. The van der Waals surface area contributed by atoms with Crippen molar-refractivity contribution in [3.05, 3.63) is 11.6 Å². The number of hydrogen-bond acceptors (Lipinski definition) is 3. The van der Waals surface area contributed by atoms with E-state index in [1.54, 1.807) is 11.8 Å². The average molecular weight is 252 g/mol. The van der Waals surface area contributed by atoms with Gasteiger partial charge in [-0.3, -0.25) is 4.79 Å². The minimum absolute atomic E-state index is 0.0752. The van der Waals surface area contributed by atoms with Crippen LogP contribution in [0.5, 0.6) is 0 Å². The Bertz CT molecular complexity index is 354. The SMILES string of the molecule is CCCCC1(CCCC)C(=O)N=C2SC=CN21. The lowest BCUT2D eigenvalue weighted by Crippen LogP contribution is -2.47. The molecule has 0 radical (unpaired) electrons. The maximum absolute atomic E-state index is 12.2. The molecule has 0 atom stereocenters. The summed E-state index contributed by atoms with van der Waals surface area (Å²) in [5.41, 5.74) is -0.360. The van der Waals surface area contributed by atoms with Gasteiger partial charge < -0.3 is 4.90 Å². The Labute approximate surface area is 107 Å². The normalized spacial score (nSPS) is 20.9. The standard InChI is InChI=1S/C13H20N2OS/c1-3-5-7-13(8-6-4-2)11(16)14-12-15(13)9-10-17-12/h9-10H,3-8H2,1-2H3. The maximum Gasteiger partial charge on any atom is 0.274 e. The molecule has 17 heavy (non-hydrogen) atoms. The number of amidine groups is 1. The molecule has 0 fully saturated rings. The summed E-state index contributed by atoms with van der Waals surface area (Å²) in [6.45, 7) is 4.34. The molecule has 0 bridgehead atoms. The quantitative estimate of drug-likeness (QED) is 0.725. The molecule has 0 spiro atoms. The van der Waals surface area contributed by atoms with Crippen molar-refractivity contribution >= 4 is 22.8 Å². The monoisotopic (exact) mass is 252 g/mol. The van der Waals surface area contributed by atoms with Crippen LogP contribution >= 0.6 is 11.8 Å². The van der Waals surface area contributed by atoms with E-state index in [1.807, 2.05) is 11.6 Å². The lowest BCUT2D eigenvalue weighted by Gasteiger charge is -2.34. The summed E-state index contributed by atoms with van der Waals surface area (Å²) in [6, 6.07) is 0. The molecule has 0 aromatic rings. The smallest absolute Gasteiger partial charge is 0.274 e. The van der Waals surface area contributed by atoms with Crippen molar-refractivity contribution in [3.63, 3.8) is 0 Å². The van der Waals surface area contributed by atoms with E-state index in [9.17, 15) is 4.79 Å². The highest BCUT2D eigenvalue weighted by atomic mass is 32.2. The average Bonchev–Trinajstić information content (AvgIpc) is 2.86. The van der Waals surface area contributed by atoms with Gasteiger partial charge in [0, 0.05) is 6.20 Å². The van der Waals surface area contributed by atoms with Gasteiger partial charge in [-0.2, -0.15) is 4.99 Å². The fourth-order valence-corrected chi connectivity index (χ4v) is 3.28. The van der Waals surface area contributed by atoms with Crippen LogP contribution in [0.3, 0.4) is 0 Å². The molecule has 2 aliphatic rings. The van der Waals surface area contributed by atoms with E-state index >= 15 is 0 Å². The van der Waals surface area contributed by atoms with Crippen molar-refractivity contribution in [2.75, 3.05) is 0 Å². The van der Waals surface area contributed by atoms with Crippen LogP contribution < -0.4 is 0 Å². The summed E-state index contributed by atoms with van der Waals surface area (Å²) in [5, 5.41) is 2.90. The first-order chi connectivity index (χ1) is 8.24. The molecule has 0 aromatic carbocycles. The van der Waals surface area contributed by atoms with E-state index in [1.165, 1.54) is 0 Å². The Kier molecular flexibility index (Phi) is 3.92. The Hall–Kier alpha value is -0.770. The molecule has 2 heterocycles. The highest BCUT2D eigenvalue weighted by molar-refractivity contribution is 8.16. The Balaban J connectivity index is 2.19. The van der Waals surface area contributed by atoms with Crippen molar-refractivity contribution in [1.82, 2.24) is 4.90 Å². The third-order valence-electron chi connectivity index (χ3n) is 3.53. The van der Waals surface area contributed by atoms with Gasteiger partial charge >= 0.3 is 0 Å². The molecule has 2 rings (SSSR count). The Morgan fingerprint density at radius 2 is 1.94 bits per heavy atom. The van der Waals surface area contributed by atoms with E-state index in [-0.39, 0.29) is 11.4 Å². The molecule has 4 heteroatoms. The summed E-state index contributed by atoms with van der Waals surface area (Å²) in [6.07, 6.45) is 8.32. The van der Waals surface area contributed by atoms with Gasteiger partial charge in [-0.05, 0) is 18.2 Å². The Morgan fingerprint density at radius 1 is 1.29 bits per heavy atom. The molecule has 0 saturated carbocycles. The molecular weight excluding hydrogens is 232 g/mol. The topological polar surface area (TPSA) is 32.7 Å². The highest BCUT2D eigenvalue weighted by Gasteiger charge is 2.49. The number of thioether (sulfide) groups is 1. The van der Waals surface area contributed by atoms with Crippen LogP contribution in [0.4, 0.5) is 0 Å². The van der Waals surface area contributed by atoms with Crippen LogP contribution in [0.1, 0.15) is 52.4 Å². The second-order valence-corrected chi connectivity index (χ2v) is 5.58. The van der Waals surface area contributed by atoms with Gasteiger partial charge in [0.1, 0.15) is 5.54 Å². The number of rotatable bonds is 6. The molecule has 0 aromatic heterocycles. The number of carbonyl (C=O) groups is 1. The molecule has 0 aliphatic carbocycles. The molecule has 2 aliphatic heterocycles. The summed E-state index contributed by atoms with van der Waals surface area (Å²) >= 11 is 1.56. The van der Waals surface area contributed by atoms with Crippen LogP contribution in [0.15, 0.2) is 16.6 Å². The number of aliphatic imine (C=N–C) groups is 1. The third kappa shape index (κ3) is 2.15. The van der Waals surface area contributed by atoms with Gasteiger partial charge in [0.25, 0.3) is 5.91 Å². The van der Waals surface area contributed by atoms with Gasteiger partial charge in [-0.25, -0.2) is 0 Å². The number of amides is 1. The Morgan fingerprint density at radius 3 is 2.53 bits per heavy atom. The van der Waals surface area contributed by atoms with Crippen LogP contribution in [-0.4, -0.2) is 21.5 Å². The zero-order valence-corrected chi connectivity index (χ0v) is 11.4. The third-order valence-corrected chi connectivity index (χ3v) is 4.29. The molecule has 3 nitrogen and oxygen atoms in total. The highest BCUT2D eigenvalue weighted by Crippen LogP contribution is 2.40. The molecule has 0 saturated heterocycles. The van der Waals surface area contributed by atoms with Gasteiger partial charge in [0.05, 0.1) is 0 Å². The second kappa shape index (κ2) is 5.25. The lowest BCUT2D eigenvalue weighted by molar-refractivity contribution is -0.125. The first kappa shape index (κ1) is 12.7. The molecule has 1 amide bonds. The number of nitrogens with zero attached hydrogens (tertiary/aromatic N) is 2. The first-order valence-electron chi connectivity index (χ1n) is 6.50. The maximum atomic E-state index is 12.2. The van der Waals surface area contributed by atoms with E-state index in [4.69, 9.17) is 0 Å².